The van der Waals surface area contributed by atoms with E-state index in [9.17, 15) is 10.2 Å². The van der Waals surface area contributed by atoms with E-state index in [-0.39, 0.29) is 10.8 Å². The first-order valence-corrected chi connectivity index (χ1v) is 11.8. The summed E-state index contributed by atoms with van der Waals surface area (Å²) in [7, 11) is 0. The third-order valence-corrected chi connectivity index (χ3v) is 9.18. The summed E-state index contributed by atoms with van der Waals surface area (Å²) in [5, 5.41) is 19.9. The molecule has 6 rings (SSSR count). The first-order chi connectivity index (χ1) is 14.2. The number of phenolic OH excluding ortho intramolecular Hbond substituents is 2. The Hall–Kier alpha value is -1.96. The summed E-state index contributed by atoms with van der Waals surface area (Å²) in [5.74, 6) is 1.37. The summed E-state index contributed by atoms with van der Waals surface area (Å²) >= 11 is 0. The minimum atomic E-state index is 0.180. The molecule has 0 amide bonds. The molecule has 2 heteroatoms. The van der Waals surface area contributed by atoms with E-state index in [1.54, 1.807) is 0 Å². The number of phenols is 2. The van der Waals surface area contributed by atoms with Gasteiger partial charge in [-0.05, 0) is 108 Å². The highest BCUT2D eigenvalue weighted by atomic mass is 16.3. The highest BCUT2D eigenvalue weighted by Gasteiger charge is 2.68. The van der Waals surface area contributed by atoms with Crippen molar-refractivity contribution < 1.29 is 10.2 Å². The topological polar surface area (TPSA) is 40.5 Å². The molecule has 4 aliphatic rings. The maximum Gasteiger partial charge on any atom is 0.115 e. The van der Waals surface area contributed by atoms with E-state index >= 15 is 0 Å². The van der Waals surface area contributed by atoms with Crippen LogP contribution in [-0.4, -0.2) is 10.2 Å². The van der Waals surface area contributed by atoms with Crippen LogP contribution in [0, 0.1) is 16.7 Å². The lowest BCUT2D eigenvalue weighted by atomic mass is 9.32. The van der Waals surface area contributed by atoms with Gasteiger partial charge in [0, 0.05) is 0 Å². The monoisotopic (exact) mass is 404 g/mol. The van der Waals surface area contributed by atoms with Crippen LogP contribution in [-0.2, 0) is 10.8 Å². The van der Waals surface area contributed by atoms with E-state index in [1.807, 2.05) is 24.3 Å². The van der Waals surface area contributed by atoms with E-state index in [2.05, 4.69) is 45.0 Å². The Kier molecular flexibility index (Phi) is 4.34. The summed E-state index contributed by atoms with van der Waals surface area (Å²) in [4.78, 5) is 0. The van der Waals surface area contributed by atoms with Crippen LogP contribution in [0.25, 0.3) is 0 Å². The van der Waals surface area contributed by atoms with E-state index in [0.29, 0.717) is 28.2 Å². The second-order valence-corrected chi connectivity index (χ2v) is 11.5. The van der Waals surface area contributed by atoms with E-state index in [1.165, 1.54) is 62.5 Å². The summed E-state index contributed by atoms with van der Waals surface area (Å²) in [6, 6.07) is 16.3. The van der Waals surface area contributed by atoms with Crippen LogP contribution >= 0.6 is 0 Å². The Morgan fingerprint density at radius 3 is 1.57 bits per heavy atom. The SMILES string of the molecule is CCCC12CC3(c4ccc(O)cc4)CC(c4ccc(O)cc4)(C1)CC(C(C)C)(C2)C3. The van der Waals surface area contributed by atoms with Gasteiger partial charge in [-0.3, -0.25) is 0 Å². The highest BCUT2D eigenvalue weighted by Crippen LogP contribution is 2.76. The van der Waals surface area contributed by atoms with Gasteiger partial charge < -0.3 is 10.2 Å². The quantitative estimate of drug-likeness (QED) is 0.559. The average molecular weight is 405 g/mol. The molecule has 4 saturated carbocycles. The zero-order valence-electron chi connectivity index (χ0n) is 18.7. The number of aromatic hydroxyl groups is 2. The smallest absolute Gasteiger partial charge is 0.115 e. The zero-order chi connectivity index (χ0) is 21.2. The Bertz CT molecular complexity index is 863. The summed E-state index contributed by atoms with van der Waals surface area (Å²) in [6.07, 6.45) is 10.2. The van der Waals surface area contributed by atoms with Gasteiger partial charge in [-0.15, -0.1) is 0 Å². The van der Waals surface area contributed by atoms with E-state index in [4.69, 9.17) is 0 Å². The molecule has 0 radical (unpaired) electrons. The lowest BCUT2D eigenvalue weighted by molar-refractivity contribution is -0.162. The van der Waals surface area contributed by atoms with Gasteiger partial charge in [0.2, 0.25) is 0 Å². The molecular weight excluding hydrogens is 368 g/mol. The molecule has 0 spiro atoms. The van der Waals surface area contributed by atoms with Crippen LogP contribution in [0.4, 0.5) is 0 Å². The van der Waals surface area contributed by atoms with Gasteiger partial charge in [0.15, 0.2) is 0 Å². The third-order valence-electron chi connectivity index (χ3n) is 9.18. The summed E-state index contributed by atoms with van der Waals surface area (Å²) < 4.78 is 0. The number of benzene rings is 2. The van der Waals surface area contributed by atoms with Crippen molar-refractivity contribution in [3.05, 3.63) is 59.7 Å². The number of hydrogen-bond donors (Lipinski definition) is 2. The maximum atomic E-state index is 9.94. The molecular formula is C28H36O2. The number of rotatable bonds is 5. The maximum absolute atomic E-state index is 9.94. The van der Waals surface area contributed by atoms with E-state index < -0.39 is 0 Å². The molecule has 2 N–H and O–H groups in total. The summed E-state index contributed by atoms with van der Waals surface area (Å²) in [5.41, 5.74) is 3.96. The average Bonchev–Trinajstić information content (AvgIpc) is 2.67. The summed E-state index contributed by atoms with van der Waals surface area (Å²) in [6.45, 7) is 7.24. The fourth-order valence-corrected chi connectivity index (χ4v) is 8.58. The lowest BCUT2D eigenvalue weighted by Gasteiger charge is -2.72. The second kappa shape index (κ2) is 6.52. The van der Waals surface area contributed by atoms with Gasteiger partial charge >= 0.3 is 0 Å². The van der Waals surface area contributed by atoms with Gasteiger partial charge in [-0.25, -0.2) is 0 Å². The van der Waals surface area contributed by atoms with Crippen LogP contribution in [0.1, 0.15) is 83.3 Å². The molecule has 30 heavy (non-hydrogen) atoms. The molecule has 2 nitrogen and oxygen atoms in total. The van der Waals surface area contributed by atoms with Crippen molar-refractivity contribution in [1.82, 2.24) is 0 Å². The van der Waals surface area contributed by atoms with Gasteiger partial charge in [0.1, 0.15) is 11.5 Å². The Balaban J connectivity index is 1.72. The minimum Gasteiger partial charge on any atom is -0.508 e. The van der Waals surface area contributed by atoms with Crippen molar-refractivity contribution in [2.75, 3.05) is 0 Å². The van der Waals surface area contributed by atoms with Crippen LogP contribution in [0.3, 0.4) is 0 Å². The first kappa shape index (κ1) is 20.0. The van der Waals surface area contributed by atoms with E-state index in [0.717, 1.165) is 0 Å². The Labute approximate surface area is 181 Å². The number of hydrogen-bond acceptors (Lipinski definition) is 2. The van der Waals surface area contributed by atoms with Crippen LogP contribution < -0.4 is 0 Å². The van der Waals surface area contributed by atoms with Crippen molar-refractivity contribution in [3.8, 4) is 11.5 Å². The molecule has 4 bridgehead atoms. The van der Waals surface area contributed by atoms with Crippen LogP contribution in [0.2, 0.25) is 0 Å². The molecule has 4 fully saturated rings. The molecule has 0 aromatic heterocycles. The second-order valence-electron chi connectivity index (χ2n) is 11.5. The fraction of sp³-hybridized carbons (Fsp3) is 0.571. The Morgan fingerprint density at radius 1 is 0.700 bits per heavy atom. The van der Waals surface area contributed by atoms with Crippen LogP contribution in [0.15, 0.2) is 48.5 Å². The first-order valence-electron chi connectivity index (χ1n) is 11.8. The van der Waals surface area contributed by atoms with Gasteiger partial charge in [-0.2, -0.15) is 0 Å². The van der Waals surface area contributed by atoms with Crippen molar-refractivity contribution in [3.63, 3.8) is 0 Å². The minimum absolute atomic E-state index is 0.180. The molecule has 4 aliphatic carbocycles. The zero-order valence-corrected chi connectivity index (χ0v) is 18.7. The highest BCUT2D eigenvalue weighted by molar-refractivity contribution is 5.42. The van der Waals surface area contributed by atoms with Crippen LogP contribution in [0.5, 0.6) is 11.5 Å². The van der Waals surface area contributed by atoms with Gasteiger partial charge in [0.25, 0.3) is 0 Å². The standard InChI is InChI=1S/C28H36O2/c1-4-13-25-14-26(20(2)3)17-27(15-25,21-5-9-23(29)10-6-21)19-28(16-25,18-26)22-7-11-24(30)12-8-22/h5-12,20,29-30H,4,13-19H2,1-3H3. The lowest BCUT2D eigenvalue weighted by Crippen LogP contribution is -2.65. The van der Waals surface area contributed by atoms with Gasteiger partial charge in [0.05, 0.1) is 0 Å². The molecule has 2 atom stereocenters. The van der Waals surface area contributed by atoms with Gasteiger partial charge in [-0.1, -0.05) is 51.5 Å². The molecule has 2 aromatic rings. The molecule has 0 saturated heterocycles. The normalized spacial score (nSPS) is 37.1. The molecule has 0 aliphatic heterocycles. The Morgan fingerprint density at radius 2 is 1.17 bits per heavy atom. The van der Waals surface area contributed by atoms with Crippen molar-refractivity contribution in [2.24, 2.45) is 16.7 Å². The molecule has 2 aromatic carbocycles. The molecule has 0 heterocycles. The fourth-order valence-electron chi connectivity index (χ4n) is 8.58. The largest absolute Gasteiger partial charge is 0.508 e. The predicted octanol–water partition coefficient (Wildman–Crippen LogP) is 7.08. The third kappa shape index (κ3) is 2.82. The van der Waals surface area contributed by atoms with Crippen molar-refractivity contribution in [2.45, 2.75) is 83.0 Å². The van der Waals surface area contributed by atoms with Crippen molar-refractivity contribution >= 4 is 0 Å². The predicted molar refractivity (Wildman–Crippen MR) is 122 cm³/mol. The molecule has 2 unspecified atom stereocenters. The molecule has 160 valence electrons. The van der Waals surface area contributed by atoms with Crippen molar-refractivity contribution in [1.29, 1.82) is 0 Å².